The Hall–Kier alpha value is 0.200. The minimum absolute atomic E-state index is 0.0129. The van der Waals surface area contributed by atoms with Gasteiger partial charge in [0, 0.05) is 10.8 Å². The van der Waals surface area contributed by atoms with Gasteiger partial charge in [-0.2, -0.15) is 0 Å². The molecule has 0 atom stereocenters. The molecular weight excluding hydrogens is 279 g/mol. The molecule has 0 aromatic rings. The molecule has 1 fully saturated rings. The number of carbonyl (C=O) groups is 1. The molecule has 0 unspecified atom stereocenters. The van der Waals surface area contributed by atoms with E-state index in [1.54, 1.807) is 0 Å². The number of rotatable bonds is 4. The zero-order valence-corrected chi connectivity index (χ0v) is 10.3. The van der Waals surface area contributed by atoms with Crippen LogP contribution in [-0.2, 0) is 9.53 Å². The molecule has 0 amide bonds. The maximum absolute atomic E-state index is 11.3. The molecule has 0 spiro atoms. The van der Waals surface area contributed by atoms with Crippen molar-refractivity contribution in [3.05, 3.63) is 0 Å². The first kappa shape index (κ1) is 11.3. The number of esters is 1. The van der Waals surface area contributed by atoms with Gasteiger partial charge < -0.3 is 4.74 Å². The van der Waals surface area contributed by atoms with Gasteiger partial charge in [-0.3, -0.25) is 4.79 Å². The average Bonchev–Trinajstić information content (AvgIpc) is 2.48. The molecule has 1 rings (SSSR count). The molecule has 1 aliphatic rings. The van der Waals surface area contributed by atoms with Crippen LogP contribution in [0.3, 0.4) is 0 Å². The normalized spacial score (nSPS) is 20.2. The van der Waals surface area contributed by atoms with Crippen LogP contribution in [-0.4, -0.2) is 16.0 Å². The summed E-state index contributed by atoms with van der Waals surface area (Å²) < 4.78 is 6.49. The molecule has 0 saturated heterocycles. The molecule has 1 saturated carbocycles. The van der Waals surface area contributed by atoms with Crippen LogP contribution in [0.1, 0.15) is 45.4 Å². The molecule has 76 valence electrons. The predicted molar refractivity (Wildman–Crippen MR) is 61.1 cm³/mol. The van der Waals surface area contributed by atoms with Crippen molar-refractivity contribution in [2.45, 2.75) is 51.0 Å². The van der Waals surface area contributed by atoms with Gasteiger partial charge in [0.15, 0.2) is 0 Å². The Morgan fingerprint density at radius 2 is 2.08 bits per heavy atom. The predicted octanol–water partition coefficient (Wildman–Crippen LogP) is 3.08. The van der Waals surface area contributed by atoms with E-state index in [0.717, 1.165) is 23.7 Å². The smallest absolute Gasteiger partial charge is 0.306 e. The minimum Gasteiger partial charge on any atom is -0.459 e. The third-order valence-electron chi connectivity index (χ3n) is 2.54. The quantitative estimate of drug-likeness (QED) is 0.453. The van der Waals surface area contributed by atoms with Crippen molar-refractivity contribution in [2.24, 2.45) is 0 Å². The topological polar surface area (TPSA) is 26.3 Å². The molecule has 0 aliphatic heterocycles. The second-order valence-corrected chi connectivity index (χ2v) is 5.00. The molecule has 1 aliphatic carbocycles. The highest BCUT2D eigenvalue weighted by atomic mass is 127. The fourth-order valence-electron chi connectivity index (χ4n) is 1.76. The fourth-order valence-corrected chi connectivity index (χ4v) is 2.14. The molecule has 0 bridgehead atoms. The fraction of sp³-hybridized carbons (Fsp3) is 0.900. The Kier molecular flexibility index (Phi) is 4.49. The van der Waals surface area contributed by atoms with E-state index in [1.165, 1.54) is 12.8 Å². The SMILES string of the molecule is CC1(OC(=O)CCCI)CCCC1. The van der Waals surface area contributed by atoms with Gasteiger partial charge in [-0.05, 0) is 39.0 Å². The van der Waals surface area contributed by atoms with E-state index in [1.807, 2.05) is 0 Å². The number of alkyl halides is 1. The number of halogens is 1. The first-order valence-electron chi connectivity index (χ1n) is 4.94. The zero-order chi connectivity index (χ0) is 9.73. The lowest BCUT2D eigenvalue weighted by atomic mass is 10.1. The Morgan fingerprint density at radius 3 is 2.62 bits per heavy atom. The van der Waals surface area contributed by atoms with Crippen LogP contribution >= 0.6 is 22.6 Å². The Balaban J connectivity index is 2.26. The first-order valence-corrected chi connectivity index (χ1v) is 6.47. The summed E-state index contributed by atoms with van der Waals surface area (Å²) in [5.74, 6) is -0.0129. The van der Waals surface area contributed by atoms with Crippen molar-refractivity contribution in [3.63, 3.8) is 0 Å². The van der Waals surface area contributed by atoms with E-state index in [2.05, 4.69) is 29.5 Å². The van der Waals surface area contributed by atoms with Crippen molar-refractivity contribution in [2.75, 3.05) is 4.43 Å². The second-order valence-electron chi connectivity index (χ2n) is 3.92. The van der Waals surface area contributed by atoms with Crippen molar-refractivity contribution >= 4 is 28.6 Å². The standard InChI is InChI=1S/C10H17IO2/c1-10(6-2-3-7-10)13-9(12)5-4-8-11/h2-8H2,1H3. The molecule has 13 heavy (non-hydrogen) atoms. The molecular formula is C10H17IO2. The van der Waals surface area contributed by atoms with E-state index in [9.17, 15) is 4.79 Å². The van der Waals surface area contributed by atoms with Crippen LogP contribution in [0, 0.1) is 0 Å². The Labute approximate surface area is 93.6 Å². The van der Waals surface area contributed by atoms with E-state index >= 15 is 0 Å². The van der Waals surface area contributed by atoms with Crippen LogP contribution in [0.25, 0.3) is 0 Å². The lowest BCUT2D eigenvalue weighted by Gasteiger charge is -2.23. The molecule has 2 nitrogen and oxygen atoms in total. The largest absolute Gasteiger partial charge is 0.459 e. The van der Waals surface area contributed by atoms with Gasteiger partial charge in [0.05, 0.1) is 0 Å². The Morgan fingerprint density at radius 1 is 1.46 bits per heavy atom. The maximum atomic E-state index is 11.3. The summed E-state index contributed by atoms with van der Waals surface area (Å²) in [6.07, 6.45) is 6.02. The maximum Gasteiger partial charge on any atom is 0.306 e. The van der Waals surface area contributed by atoms with E-state index in [0.29, 0.717) is 6.42 Å². The van der Waals surface area contributed by atoms with Gasteiger partial charge in [-0.1, -0.05) is 22.6 Å². The third kappa shape index (κ3) is 3.83. The first-order chi connectivity index (χ1) is 6.16. The highest BCUT2D eigenvalue weighted by Crippen LogP contribution is 2.32. The van der Waals surface area contributed by atoms with Crippen LogP contribution in [0.15, 0.2) is 0 Å². The highest BCUT2D eigenvalue weighted by molar-refractivity contribution is 14.1. The number of ether oxygens (including phenoxy) is 1. The summed E-state index contributed by atoms with van der Waals surface area (Å²) in [5.41, 5.74) is -0.137. The average molecular weight is 296 g/mol. The summed E-state index contributed by atoms with van der Waals surface area (Å²) in [6.45, 7) is 2.06. The third-order valence-corrected chi connectivity index (χ3v) is 3.30. The lowest BCUT2D eigenvalue weighted by molar-refractivity contribution is -0.157. The van der Waals surface area contributed by atoms with E-state index in [-0.39, 0.29) is 11.6 Å². The van der Waals surface area contributed by atoms with Crippen molar-refractivity contribution < 1.29 is 9.53 Å². The van der Waals surface area contributed by atoms with Gasteiger partial charge in [0.1, 0.15) is 5.60 Å². The molecule has 0 heterocycles. The molecule has 3 heteroatoms. The minimum atomic E-state index is -0.137. The summed E-state index contributed by atoms with van der Waals surface area (Å²) in [4.78, 5) is 11.3. The van der Waals surface area contributed by atoms with Crippen molar-refractivity contribution in [1.29, 1.82) is 0 Å². The van der Waals surface area contributed by atoms with Gasteiger partial charge in [-0.15, -0.1) is 0 Å². The van der Waals surface area contributed by atoms with Crippen molar-refractivity contribution in [1.82, 2.24) is 0 Å². The van der Waals surface area contributed by atoms with Gasteiger partial charge >= 0.3 is 5.97 Å². The summed E-state index contributed by atoms with van der Waals surface area (Å²) in [5, 5.41) is 0. The summed E-state index contributed by atoms with van der Waals surface area (Å²) in [6, 6.07) is 0. The van der Waals surface area contributed by atoms with Gasteiger partial charge in [0.2, 0.25) is 0 Å². The monoisotopic (exact) mass is 296 g/mol. The highest BCUT2D eigenvalue weighted by Gasteiger charge is 2.32. The lowest BCUT2D eigenvalue weighted by Crippen LogP contribution is -2.27. The summed E-state index contributed by atoms with van der Waals surface area (Å²) >= 11 is 2.28. The van der Waals surface area contributed by atoms with Crippen LogP contribution in [0.5, 0.6) is 0 Å². The second kappa shape index (κ2) is 5.17. The van der Waals surface area contributed by atoms with Crippen LogP contribution < -0.4 is 0 Å². The molecule has 0 radical (unpaired) electrons. The van der Waals surface area contributed by atoms with Gasteiger partial charge in [-0.25, -0.2) is 0 Å². The van der Waals surface area contributed by atoms with Crippen LogP contribution in [0.2, 0.25) is 0 Å². The zero-order valence-electron chi connectivity index (χ0n) is 8.14. The summed E-state index contributed by atoms with van der Waals surface area (Å²) in [7, 11) is 0. The molecule has 0 N–H and O–H groups in total. The number of carbonyl (C=O) groups excluding carboxylic acids is 1. The molecule has 0 aromatic carbocycles. The number of hydrogen-bond donors (Lipinski definition) is 0. The van der Waals surface area contributed by atoms with Crippen LogP contribution in [0.4, 0.5) is 0 Å². The molecule has 0 aromatic heterocycles. The van der Waals surface area contributed by atoms with E-state index in [4.69, 9.17) is 4.74 Å². The van der Waals surface area contributed by atoms with E-state index < -0.39 is 0 Å². The van der Waals surface area contributed by atoms with Crippen molar-refractivity contribution in [3.8, 4) is 0 Å². The Bertz CT molecular complexity index is 174. The van der Waals surface area contributed by atoms with Gasteiger partial charge in [0.25, 0.3) is 0 Å². The number of hydrogen-bond acceptors (Lipinski definition) is 2.